The van der Waals surface area contributed by atoms with Crippen molar-refractivity contribution >= 4 is 44.3 Å². The predicted octanol–water partition coefficient (Wildman–Crippen LogP) is 4.24. The van der Waals surface area contributed by atoms with Crippen LogP contribution in [0.1, 0.15) is 0 Å². The van der Waals surface area contributed by atoms with Crippen LogP contribution in [-0.4, -0.2) is 9.55 Å². The fourth-order valence-electron chi connectivity index (χ4n) is 2.14. The third kappa shape index (κ3) is 2.11. The predicted molar refractivity (Wildman–Crippen MR) is 83.3 cm³/mol. The number of hydrogen-bond acceptors (Lipinski definition) is 2. The van der Waals surface area contributed by atoms with E-state index in [1.807, 2.05) is 35.9 Å². The number of halogens is 2. The fraction of sp³-hybridized carbons (Fsp3) is 0.0714. The highest BCUT2D eigenvalue weighted by molar-refractivity contribution is 9.10. The first-order chi connectivity index (χ1) is 9.06. The lowest BCUT2D eigenvalue weighted by molar-refractivity contribution is 0.960. The number of aromatic nitrogens is 2. The summed E-state index contributed by atoms with van der Waals surface area (Å²) in [5.41, 5.74) is 9.51. The van der Waals surface area contributed by atoms with Gasteiger partial charge in [-0.3, -0.25) is 0 Å². The highest BCUT2D eigenvalue weighted by atomic mass is 79.9. The largest absolute Gasteiger partial charge is 0.398 e. The molecule has 0 unspecified atom stereocenters. The Hall–Kier alpha value is -1.52. The molecule has 0 aliphatic carbocycles. The van der Waals surface area contributed by atoms with Gasteiger partial charge in [0.15, 0.2) is 0 Å². The van der Waals surface area contributed by atoms with Gasteiger partial charge in [0, 0.05) is 27.8 Å². The Kier molecular flexibility index (Phi) is 2.99. The van der Waals surface area contributed by atoms with E-state index in [2.05, 4.69) is 20.9 Å². The number of anilines is 1. The summed E-state index contributed by atoms with van der Waals surface area (Å²) in [6.07, 6.45) is 0. The van der Waals surface area contributed by atoms with Crippen molar-refractivity contribution < 1.29 is 0 Å². The van der Waals surface area contributed by atoms with Gasteiger partial charge in [-0.1, -0.05) is 27.5 Å². The van der Waals surface area contributed by atoms with Gasteiger partial charge in [-0.05, 0) is 36.4 Å². The maximum absolute atomic E-state index is 6.04. The van der Waals surface area contributed by atoms with Gasteiger partial charge in [-0.2, -0.15) is 0 Å². The Labute approximate surface area is 124 Å². The second-order valence-corrected chi connectivity index (χ2v) is 5.71. The Morgan fingerprint density at radius 2 is 2.00 bits per heavy atom. The molecule has 0 saturated heterocycles. The first-order valence-corrected chi connectivity index (χ1v) is 6.91. The summed E-state index contributed by atoms with van der Waals surface area (Å²) >= 11 is 9.50. The summed E-state index contributed by atoms with van der Waals surface area (Å²) in [6, 6.07) is 11.4. The highest BCUT2D eigenvalue weighted by Gasteiger charge is 2.12. The van der Waals surface area contributed by atoms with Gasteiger partial charge < -0.3 is 10.3 Å². The molecular weight excluding hydrogens is 326 g/mol. The van der Waals surface area contributed by atoms with Crippen LogP contribution in [0.5, 0.6) is 0 Å². The molecule has 0 aliphatic rings. The van der Waals surface area contributed by atoms with Gasteiger partial charge >= 0.3 is 0 Å². The first kappa shape index (κ1) is 12.5. The van der Waals surface area contributed by atoms with E-state index in [4.69, 9.17) is 17.3 Å². The second kappa shape index (κ2) is 4.54. The van der Waals surface area contributed by atoms with E-state index in [0.29, 0.717) is 10.7 Å². The van der Waals surface area contributed by atoms with Crippen LogP contribution >= 0.6 is 27.5 Å². The molecule has 3 nitrogen and oxygen atoms in total. The highest BCUT2D eigenvalue weighted by Crippen LogP contribution is 2.31. The van der Waals surface area contributed by atoms with Crippen molar-refractivity contribution in [3.05, 3.63) is 45.9 Å². The van der Waals surface area contributed by atoms with Crippen LogP contribution in [0.2, 0.25) is 5.02 Å². The molecule has 2 N–H and O–H groups in total. The average Bonchev–Trinajstić information content (AvgIpc) is 2.69. The second-order valence-electron chi connectivity index (χ2n) is 4.36. The zero-order chi connectivity index (χ0) is 13.6. The summed E-state index contributed by atoms with van der Waals surface area (Å²) in [4.78, 5) is 4.64. The SMILES string of the molecule is Cn1c(-c2cc(Cl)ccc2N)nc2cc(Br)ccc21. The van der Waals surface area contributed by atoms with Gasteiger partial charge in [-0.25, -0.2) is 4.98 Å². The monoisotopic (exact) mass is 335 g/mol. The van der Waals surface area contributed by atoms with Crippen molar-refractivity contribution in [3.63, 3.8) is 0 Å². The molecule has 0 radical (unpaired) electrons. The van der Waals surface area contributed by atoms with Gasteiger partial charge in [0.05, 0.1) is 11.0 Å². The molecule has 0 saturated carbocycles. The van der Waals surface area contributed by atoms with Crippen LogP contribution in [0.3, 0.4) is 0 Å². The summed E-state index contributed by atoms with van der Waals surface area (Å²) < 4.78 is 3.02. The number of fused-ring (bicyclic) bond motifs is 1. The zero-order valence-electron chi connectivity index (χ0n) is 10.2. The minimum atomic E-state index is 0.650. The third-order valence-corrected chi connectivity index (χ3v) is 3.83. The molecule has 19 heavy (non-hydrogen) atoms. The van der Waals surface area contributed by atoms with Crippen LogP contribution in [-0.2, 0) is 7.05 Å². The number of rotatable bonds is 1. The van der Waals surface area contributed by atoms with E-state index in [0.717, 1.165) is 26.9 Å². The van der Waals surface area contributed by atoms with E-state index in [1.165, 1.54) is 0 Å². The van der Waals surface area contributed by atoms with Crippen LogP contribution < -0.4 is 5.73 Å². The Morgan fingerprint density at radius 1 is 1.21 bits per heavy atom. The van der Waals surface area contributed by atoms with Crippen LogP contribution in [0.4, 0.5) is 5.69 Å². The zero-order valence-corrected chi connectivity index (χ0v) is 12.5. The molecule has 1 aromatic heterocycles. The molecule has 3 rings (SSSR count). The van der Waals surface area contributed by atoms with E-state index in [9.17, 15) is 0 Å². The molecule has 5 heteroatoms. The van der Waals surface area contributed by atoms with Crippen molar-refractivity contribution in [1.29, 1.82) is 0 Å². The van der Waals surface area contributed by atoms with Crippen molar-refractivity contribution in [2.45, 2.75) is 0 Å². The Balaban J connectivity index is 2.30. The minimum Gasteiger partial charge on any atom is -0.398 e. The first-order valence-electron chi connectivity index (χ1n) is 5.73. The summed E-state index contributed by atoms with van der Waals surface area (Å²) in [5, 5.41) is 0.650. The number of nitrogens with two attached hydrogens (primary N) is 1. The lowest BCUT2D eigenvalue weighted by Crippen LogP contribution is -1.96. The molecular formula is C14H11BrClN3. The number of hydrogen-bond donors (Lipinski definition) is 1. The number of aryl methyl sites for hydroxylation is 1. The summed E-state index contributed by atoms with van der Waals surface area (Å²) in [7, 11) is 1.97. The Bertz CT molecular complexity index is 780. The van der Waals surface area contributed by atoms with Crippen molar-refractivity contribution in [1.82, 2.24) is 9.55 Å². The Morgan fingerprint density at radius 3 is 2.79 bits per heavy atom. The fourth-order valence-corrected chi connectivity index (χ4v) is 2.66. The summed E-state index contributed by atoms with van der Waals surface area (Å²) in [6.45, 7) is 0. The van der Waals surface area contributed by atoms with Crippen molar-refractivity contribution in [2.24, 2.45) is 7.05 Å². The minimum absolute atomic E-state index is 0.650. The van der Waals surface area contributed by atoms with E-state index < -0.39 is 0 Å². The van der Waals surface area contributed by atoms with Crippen molar-refractivity contribution in [2.75, 3.05) is 5.73 Å². The lowest BCUT2D eigenvalue weighted by atomic mass is 10.1. The molecule has 0 fully saturated rings. The molecule has 2 aromatic carbocycles. The number of nitrogens with zero attached hydrogens (tertiary/aromatic N) is 2. The third-order valence-electron chi connectivity index (χ3n) is 3.10. The van der Waals surface area contributed by atoms with Gasteiger partial charge in [-0.15, -0.1) is 0 Å². The maximum Gasteiger partial charge on any atom is 0.143 e. The average molecular weight is 337 g/mol. The van der Waals surface area contributed by atoms with Crippen molar-refractivity contribution in [3.8, 4) is 11.4 Å². The molecule has 0 spiro atoms. The van der Waals surface area contributed by atoms with Crippen LogP contribution in [0.25, 0.3) is 22.4 Å². The summed E-state index contributed by atoms with van der Waals surface area (Å²) in [5.74, 6) is 0.813. The van der Waals surface area contributed by atoms with E-state index in [-0.39, 0.29) is 0 Å². The molecule has 0 bridgehead atoms. The van der Waals surface area contributed by atoms with Gasteiger partial charge in [0.25, 0.3) is 0 Å². The maximum atomic E-state index is 6.04. The van der Waals surface area contributed by atoms with Crippen LogP contribution in [0.15, 0.2) is 40.9 Å². The quantitative estimate of drug-likeness (QED) is 0.676. The van der Waals surface area contributed by atoms with E-state index >= 15 is 0 Å². The van der Waals surface area contributed by atoms with E-state index in [1.54, 1.807) is 12.1 Å². The topological polar surface area (TPSA) is 43.8 Å². The lowest BCUT2D eigenvalue weighted by Gasteiger charge is -2.06. The molecule has 3 aromatic rings. The molecule has 1 heterocycles. The molecule has 0 aliphatic heterocycles. The number of benzene rings is 2. The molecule has 0 amide bonds. The smallest absolute Gasteiger partial charge is 0.143 e. The molecule has 0 atom stereocenters. The molecule has 96 valence electrons. The van der Waals surface area contributed by atoms with Gasteiger partial charge in [0.2, 0.25) is 0 Å². The van der Waals surface area contributed by atoms with Crippen LogP contribution in [0, 0.1) is 0 Å². The standard InChI is InChI=1S/C14H11BrClN3/c1-19-13-5-2-8(15)6-12(13)18-14(19)10-7-9(16)3-4-11(10)17/h2-7H,17H2,1H3. The van der Waals surface area contributed by atoms with Gasteiger partial charge in [0.1, 0.15) is 5.82 Å². The number of imidazole rings is 1. The number of nitrogen functional groups attached to an aromatic ring is 1. The normalized spacial score (nSPS) is 11.1.